The standard InChI is InChI=1S/C11H10F4N4/c1-4-3-5(2)19(18-4)11-8(14)6(12)10(17-16)7(13)9(11)15/h3,17H,16H2,1-2H3. The van der Waals surface area contributed by atoms with Gasteiger partial charge in [0.2, 0.25) is 0 Å². The summed E-state index contributed by atoms with van der Waals surface area (Å²) < 4.78 is 55.6. The van der Waals surface area contributed by atoms with Crippen LogP contribution in [0.3, 0.4) is 0 Å². The highest BCUT2D eigenvalue weighted by Gasteiger charge is 2.27. The van der Waals surface area contributed by atoms with E-state index in [0.29, 0.717) is 11.4 Å². The summed E-state index contributed by atoms with van der Waals surface area (Å²) in [6, 6.07) is 1.52. The Balaban J connectivity index is 2.82. The largest absolute Gasteiger partial charge is 0.319 e. The number of nitrogens with two attached hydrogens (primary N) is 1. The first kappa shape index (κ1) is 13.3. The van der Waals surface area contributed by atoms with Gasteiger partial charge in [-0.2, -0.15) is 5.10 Å². The number of hydrazine groups is 1. The van der Waals surface area contributed by atoms with E-state index in [9.17, 15) is 17.6 Å². The molecule has 19 heavy (non-hydrogen) atoms. The molecule has 102 valence electrons. The van der Waals surface area contributed by atoms with Gasteiger partial charge in [-0.1, -0.05) is 0 Å². The number of halogens is 4. The number of benzene rings is 1. The van der Waals surface area contributed by atoms with Crippen molar-refractivity contribution < 1.29 is 17.6 Å². The molecule has 0 unspecified atom stereocenters. The van der Waals surface area contributed by atoms with Gasteiger partial charge in [0.15, 0.2) is 23.3 Å². The van der Waals surface area contributed by atoms with Crippen molar-refractivity contribution in [2.75, 3.05) is 5.43 Å². The molecule has 4 nitrogen and oxygen atoms in total. The van der Waals surface area contributed by atoms with Crippen LogP contribution in [0, 0.1) is 37.1 Å². The van der Waals surface area contributed by atoms with Crippen LogP contribution in [-0.2, 0) is 0 Å². The molecule has 0 aliphatic rings. The number of aryl methyl sites for hydroxylation is 2. The predicted octanol–water partition coefficient (Wildman–Crippen LogP) is 2.33. The average Bonchev–Trinajstić information content (AvgIpc) is 2.67. The van der Waals surface area contributed by atoms with Gasteiger partial charge in [0.25, 0.3) is 0 Å². The van der Waals surface area contributed by atoms with Crippen LogP contribution in [0.2, 0.25) is 0 Å². The van der Waals surface area contributed by atoms with E-state index in [1.54, 1.807) is 12.3 Å². The SMILES string of the molecule is Cc1cc(C)n(-c2c(F)c(F)c(NN)c(F)c2F)n1. The Bertz CT molecular complexity index is 622. The molecule has 3 N–H and O–H groups in total. The van der Waals surface area contributed by atoms with Gasteiger partial charge >= 0.3 is 0 Å². The van der Waals surface area contributed by atoms with E-state index in [-0.39, 0.29) is 0 Å². The lowest BCUT2D eigenvalue weighted by Gasteiger charge is -2.12. The molecule has 1 aromatic carbocycles. The Hall–Kier alpha value is -2.09. The third-order valence-corrected chi connectivity index (χ3v) is 2.61. The number of nitrogens with one attached hydrogen (secondary N) is 1. The molecule has 0 saturated carbocycles. The van der Waals surface area contributed by atoms with Crippen molar-refractivity contribution in [3.8, 4) is 5.69 Å². The summed E-state index contributed by atoms with van der Waals surface area (Å²) in [4.78, 5) is 0. The summed E-state index contributed by atoms with van der Waals surface area (Å²) in [6.45, 7) is 3.09. The Morgan fingerprint density at radius 2 is 1.58 bits per heavy atom. The van der Waals surface area contributed by atoms with Crippen LogP contribution < -0.4 is 11.3 Å². The van der Waals surface area contributed by atoms with Gasteiger partial charge in [0, 0.05) is 5.69 Å². The molecule has 1 aromatic heterocycles. The van der Waals surface area contributed by atoms with E-state index in [2.05, 4.69) is 5.10 Å². The van der Waals surface area contributed by atoms with Crippen molar-refractivity contribution >= 4 is 5.69 Å². The minimum absolute atomic E-state index is 0.336. The quantitative estimate of drug-likeness (QED) is 0.382. The summed E-state index contributed by atoms with van der Waals surface area (Å²) in [5.41, 5.74) is 0.390. The van der Waals surface area contributed by atoms with Crippen LogP contribution in [0.5, 0.6) is 0 Å². The number of nitrogens with zero attached hydrogens (tertiary/aromatic N) is 2. The second-order valence-electron chi connectivity index (χ2n) is 3.96. The highest BCUT2D eigenvalue weighted by Crippen LogP contribution is 2.30. The normalized spacial score (nSPS) is 10.9. The molecule has 8 heteroatoms. The molecule has 0 aliphatic carbocycles. The smallest absolute Gasteiger partial charge is 0.189 e. The zero-order valence-corrected chi connectivity index (χ0v) is 10.1. The van der Waals surface area contributed by atoms with Gasteiger partial charge < -0.3 is 5.43 Å². The van der Waals surface area contributed by atoms with Crippen molar-refractivity contribution in [3.63, 3.8) is 0 Å². The van der Waals surface area contributed by atoms with E-state index in [4.69, 9.17) is 5.84 Å². The first-order valence-electron chi connectivity index (χ1n) is 5.24. The molecule has 0 bridgehead atoms. The summed E-state index contributed by atoms with van der Waals surface area (Å²) in [5, 5.41) is 3.79. The van der Waals surface area contributed by atoms with Crippen LogP contribution >= 0.6 is 0 Å². The van der Waals surface area contributed by atoms with Gasteiger partial charge in [-0.25, -0.2) is 22.2 Å². The van der Waals surface area contributed by atoms with Crippen LogP contribution in [0.1, 0.15) is 11.4 Å². The third-order valence-electron chi connectivity index (χ3n) is 2.61. The van der Waals surface area contributed by atoms with Gasteiger partial charge in [0.1, 0.15) is 11.4 Å². The number of anilines is 1. The third kappa shape index (κ3) is 1.93. The van der Waals surface area contributed by atoms with E-state index in [1.165, 1.54) is 13.0 Å². The highest BCUT2D eigenvalue weighted by molar-refractivity contribution is 5.53. The van der Waals surface area contributed by atoms with Crippen molar-refractivity contribution in [1.82, 2.24) is 9.78 Å². The molecule has 0 spiro atoms. The molecule has 0 aliphatic heterocycles. The van der Waals surface area contributed by atoms with Crippen molar-refractivity contribution in [2.24, 2.45) is 5.84 Å². The van der Waals surface area contributed by atoms with Crippen molar-refractivity contribution in [2.45, 2.75) is 13.8 Å². The van der Waals surface area contributed by atoms with Crippen molar-refractivity contribution in [3.05, 3.63) is 40.7 Å². The minimum Gasteiger partial charge on any atom is -0.319 e. The molecule has 2 aromatic rings. The van der Waals surface area contributed by atoms with Crippen LogP contribution in [-0.4, -0.2) is 9.78 Å². The first-order valence-corrected chi connectivity index (χ1v) is 5.24. The predicted molar refractivity (Wildman–Crippen MR) is 60.7 cm³/mol. The fraction of sp³-hybridized carbons (Fsp3) is 0.182. The second-order valence-corrected chi connectivity index (χ2v) is 3.96. The number of nitrogen functional groups attached to an aromatic ring is 1. The van der Waals surface area contributed by atoms with Crippen LogP contribution in [0.4, 0.5) is 23.2 Å². The monoisotopic (exact) mass is 274 g/mol. The topological polar surface area (TPSA) is 55.9 Å². The lowest BCUT2D eigenvalue weighted by atomic mass is 10.2. The zero-order chi connectivity index (χ0) is 14.3. The Morgan fingerprint density at radius 3 is 1.95 bits per heavy atom. The first-order chi connectivity index (χ1) is 8.88. The Morgan fingerprint density at radius 1 is 1.05 bits per heavy atom. The number of aromatic nitrogens is 2. The molecule has 0 fully saturated rings. The molecule has 0 saturated heterocycles. The maximum absolute atomic E-state index is 13.8. The summed E-state index contributed by atoms with van der Waals surface area (Å²) >= 11 is 0. The van der Waals surface area contributed by atoms with Crippen LogP contribution in [0.25, 0.3) is 5.69 Å². The van der Waals surface area contributed by atoms with Gasteiger partial charge in [-0.15, -0.1) is 0 Å². The van der Waals surface area contributed by atoms with E-state index >= 15 is 0 Å². The van der Waals surface area contributed by atoms with E-state index in [1.807, 2.05) is 0 Å². The number of hydrogen-bond donors (Lipinski definition) is 2. The van der Waals surface area contributed by atoms with Gasteiger partial charge in [0.05, 0.1) is 5.69 Å². The molecular formula is C11H10F4N4. The van der Waals surface area contributed by atoms with E-state index < -0.39 is 34.6 Å². The van der Waals surface area contributed by atoms with Crippen LogP contribution in [0.15, 0.2) is 6.07 Å². The maximum atomic E-state index is 13.8. The highest BCUT2D eigenvalue weighted by atomic mass is 19.2. The van der Waals surface area contributed by atoms with Gasteiger partial charge in [-0.3, -0.25) is 5.84 Å². The maximum Gasteiger partial charge on any atom is 0.189 e. The molecule has 2 rings (SSSR count). The number of hydrogen-bond acceptors (Lipinski definition) is 3. The zero-order valence-electron chi connectivity index (χ0n) is 10.1. The summed E-state index contributed by atoms with van der Waals surface area (Å²) in [7, 11) is 0. The lowest BCUT2D eigenvalue weighted by Crippen LogP contribution is -2.16. The summed E-state index contributed by atoms with van der Waals surface area (Å²) in [5.74, 6) is -1.53. The molecular weight excluding hydrogens is 264 g/mol. The Kier molecular flexibility index (Phi) is 3.19. The molecule has 0 amide bonds. The fourth-order valence-corrected chi connectivity index (χ4v) is 1.79. The van der Waals surface area contributed by atoms with E-state index in [0.717, 1.165) is 4.68 Å². The van der Waals surface area contributed by atoms with Crippen molar-refractivity contribution in [1.29, 1.82) is 0 Å². The second kappa shape index (κ2) is 4.54. The molecule has 1 heterocycles. The minimum atomic E-state index is -1.61. The average molecular weight is 274 g/mol. The molecule has 0 atom stereocenters. The fourth-order valence-electron chi connectivity index (χ4n) is 1.79. The van der Waals surface area contributed by atoms with Gasteiger partial charge in [-0.05, 0) is 19.9 Å². The molecule has 0 radical (unpaired) electrons. The lowest BCUT2D eigenvalue weighted by molar-refractivity contribution is 0.447. The number of rotatable bonds is 2. The Labute approximate surface area is 105 Å². The summed E-state index contributed by atoms with van der Waals surface area (Å²) in [6.07, 6.45) is 0.